The van der Waals surface area contributed by atoms with Crippen molar-refractivity contribution in [1.29, 1.82) is 0 Å². The summed E-state index contributed by atoms with van der Waals surface area (Å²) >= 11 is 1.67. The number of rotatable bonds is 6. The molecular formula is C15H21N3O2S. The zero-order valence-electron chi connectivity index (χ0n) is 12.6. The summed E-state index contributed by atoms with van der Waals surface area (Å²) < 4.78 is 5.24. The SMILES string of the molecule is CC(C)c1nc(CCNC(=O)NC(C)c2ccco2)cs1. The Labute approximate surface area is 128 Å². The first-order chi connectivity index (χ1) is 10.1. The molecule has 0 aliphatic carbocycles. The van der Waals surface area contributed by atoms with E-state index in [9.17, 15) is 4.79 Å². The van der Waals surface area contributed by atoms with Crippen LogP contribution in [0.15, 0.2) is 28.2 Å². The van der Waals surface area contributed by atoms with Gasteiger partial charge >= 0.3 is 6.03 Å². The van der Waals surface area contributed by atoms with Gasteiger partial charge in [0.05, 0.1) is 23.0 Å². The van der Waals surface area contributed by atoms with E-state index < -0.39 is 0 Å². The summed E-state index contributed by atoms with van der Waals surface area (Å²) in [6, 6.07) is 3.30. The molecule has 0 spiro atoms. The van der Waals surface area contributed by atoms with E-state index in [4.69, 9.17) is 4.42 Å². The van der Waals surface area contributed by atoms with Crippen LogP contribution in [0.5, 0.6) is 0 Å². The molecule has 0 radical (unpaired) electrons. The maximum atomic E-state index is 11.8. The molecule has 0 fully saturated rings. The number of amides is 2. The van der Waals surface area contributed by atoms with Crippen LogP contribution in [0.2, 0.25) is 0 Å². The van der Waals surface area contributed by atoms with Crippen molar-refractivity contribution in [3.8, 4) is 0 Å². The summed E-state index contributed by atoms with van der Waals surface area (Å²) in [5, 5.41) is 8.86. The van der Waals surface area contributed by atoms with Crippen LogP contribution in [-0.2, 0) is 6.42 Å². The number of carbonyl (C=O) groups is 1. The number of thiazole rings is 1. The Morgan fingerprint density at radius 1 is 1.43 bits per heavy atom. The first kappa shape index (κ1) is 15.6. The van der Waals surface area contributed by atoms with Gasteiger partial charge in [0.2, 0.25) is 0 Å². The third-order valence-corrected chi connectivity index (χ3v) is 4.24. The van der Waals surface area contributed by atoms with Gasteiger partial charge in [0.15, 0.2) is 0 Å². The molecule has 21 heavy (non-hydrogen) atoms. The van der Waals surface area contributed by atoms with E-state index in [1.54, 1.807) is 23.7 Å². The second-order valence-corrected chi connectivity index (χ2v) is 6.11. The number of hydrogen-bond acceptors (Lipinski definition) is 4. The molecule has 2 heterocycles. The average Bonchev–Trinajstić information content (AvgIpc) is 3.10. The van der Waals surface area contributed by atoms with Gasteiger partial charge in [0.25, 0.3) is 0 Å². The molecule has 1 unspecified atom stereocenters. The van der Waals surface area contributed by atoms with E-state index in [0.29, 0.717) is 12.5 Å². The fourth-order valence-corrected chi connectivity index (χ4v) is 2.73. The molecule has 0 aromatic carbocycles. The van der Waals surface area contributed by atoms with Crippen molar-refractivity contribution >= 4 is 17.4 Å². The lowest BCUT2D eigenvalue weighted by Gasteiger charge is -2.12. The van der Waals surface area contributed by atoms with Gasteiger partial charge in [-0.05, 0) is 19.1 Å². The van der Waals surface area contributed by atoms with Gasteiger partial charge in [0.1, 0.15) is 5.76 Å². The van der Waals surface area contributed by atoms with Crippen LogP contribution in [0.25, 0.3) is 0 Å². The topological polar surface area (TPSA) is 67.2 Å². The molecule has 0 aliphatic rings. The lowest BCUT2D eigenvalue weighted by Crippen LogP contribution is -2.37. The van der Waals surface area contributed by atoms with E-state index in [2.05, 4.69) is 34.8 Å². The average molecular weight is 307 g/mol. The van der Waals surface area contributed by atoms with Crippen LogP contribution >= 0.6 is 11.3 Å². The summed E-state index contributed by atoms with van der Waals surface area (Å²) in [5.74, 6) is 1.19. The minimum atomic E-state index is -0.196. The molecule has 6 heteroatoms. The van der Waals surface area contributed by atoms with E-state index in [0.717, 1.165) is 22.9 Å². The van der Waals surface area contributed by atoms with Gasteiger partial charge in [-0.25, -0.2) is 9.78 Å². The summed E-state index contributed by atoms with van der Waals surface area (Å²) in [7, 11) is 0. The summed E-state index contributed by atoms with van der Waals surface area (Å²) in [4.78, 5) is 16.3. The van der Waals surface area contributed by atoms with Crippen molar-refractivity contribution in [3.05, 3.63) is 40.2 Å². The molecule has 1 atom stereocenters. The van der Waals surface area contributed by atoms with Crippen LogP contribution in [0.3, 0.4) is 0 Å². The van der Waals surface area contributed by atoms with E-state index >= 15 is 0 Å². The fourth-order valence-electron chi connectivity index (χ4n) is 1.86. The molecule has 2 aromatic heterocycles. The normalized spacial score (nSPS) is 12.4. The summed E-state index contributed by atoms with van der Waals surface area (Å²) in [5.41, 5.74) is 1.03. The predicted octanol–water partition coefficient (Wildman–Crippen LogP) is 3.46. The van der Waals surface area contributed by atoms with E-state index in [-0.39, 0.29) is 12.1 Å². The molecule has 5 nitrogen and oxygen atoms in total. The number of furan rings is 1. The Kier molecular flexibility index (Phi) is 5.38. The van der Waals surface area contributed by atoms with Crippen molar-refractivity contribution < 1.29 is 9.21 Å². The van der Waals surface area contributed by atoms with Gasteiger partial charge in [-0.15, -0.1) is 11.3 Å². The Hall–Kier alpha value is -1.82. The molecule has 2 N–H and O–H groups in total. The van der Waals surface area contributed by atoms with Crippen LogP contribution in [0.1, 0.15) is 49.2 Å². The van der Waals surface area contributed by atoms with E-state index in [1.165, 1.54) is 0 Å². The van der Waals surface area contributed by atoms with Gasteiger partial charge < -0.3 is 15.1 Å². The first-order valence-electron chi connectivity index (χ1n) is 7.08. The highest BCUT2D eigenvalue weighted by molar-refractivity contribution is 7.09. The highest BCUT2D eigenvalue weighted by Crippen LogP contribution is 2.19. The Morgan fingerprint density at radius 3 is 2.86 bits per heavy atom. The van der Waals surface area contributed by atoms with Crippen LogP contribution in [0, 0.1) is 0 Å². The maximum absolute atomic E-state index is 11.8. The van der Waals surface area contributed by atoms with Crippen molar-refractivity contribution in [1.82, 2.24) is 15.6 Å². The summed E-state index contributed by atoms with van der Waals surface area (Å²) in [6.07, 6.45) is 2.34. The largest absolute Gasteiger partial charge is 0.467 e. The zero-order valence-corrected chi connectivity index (χ0v) is 13.4. The standard InChI is InChI=1S/C15H21N3O2S/c1-10(2)14-18-12(9-21-14)6-7-16-15(19)17-11(3)13-5-4-8-20-13/h4-5,8-11H,6-7H2,1-3H3,(H2,16,17,19). The Morgan fingerprint density at radius 2 is 2.24 bits per heavy atom. The minimum absolute atomic E-state index is 0.146. The monoisotopic (exact) mass is 307 g/mol. The van der Waals surface area contributed by atoms with Gasteiger partial charge in [-0.1, -0.05) is 13.8 Å². The molecule has 2 amide bonds. The highest BCUT2D eigenvalue weighted by atomic mass is 32.1. The molecule has 2 aromatic rings. The lowest BCUT2D eigenvalue weighted by molar-refractivity contribution is 0.236. The molecule has 0 saturated heterocycles. The van der Waals surface area contributed by atoms with Gasteiger partial charge in [0, 0.05) is 24.3 Å². The number of nitrogens with one attached hydrogen (secondary N) is 2. The van der Waals surface area contributed by atoms with Gasteiger partial charge in [-0.3, -0.25) is 0 Å². The highest BCUT2D eigenvalue weighted by Gasteiger charge is 2.11. The first-order valence-corrected chi connectivity index (χ1v) is 7.96. The number of carbonyl (C=O) groups excluding carboxylic acids is 1. The molecule has 114 valence electrons. The van der Waals surface area contributed by atoms with Crippen LogP contribution < -0.4 is 10.6 Å². The zero-order chi connectivity index (χ0) is 15.2. The van der Waals surface area contributed by atoms with E-state index in [1.807, 2.05) is 13.0 Å². The molecule has 0 bridgehead atoms. The third-order valence-electron chi connectivity index (χ3n) is 3.05. The van der Waals surface area contributed by atoms with Crippen molar-refractivity contribution in [2.24, 2.45) is 0 Å². The number of urea groups is 1. The Balaban J connectivity index is 1.71. The molecule has 0 aliphatic heterocycles. The maximum Gasteiger partial charge on any atom is 0.315 e. The second-order valence-electron chi connectivity index (χ2n) is 5.22. The summed E-state index contributed by atoms with van der Waals surface area (Å²) in [6.45, 7) is 6.71. The van der Waals surface area contributed by atoms with Crippen LogP contribution in [-0.4, -0.2) is 17.6 Å². The quantitative estimate of drug-likeness (QED) is 0.858. The molecule has 2 rings (SSSR count). The Bertz CT molecular complexity index is 563. The molecule has 0 saturated carbocycles. The fraction of sp³-hybridized carbons (Fsp3) is 0.467. The molecular weight excluding hydrogens is 286 g/mol. The number of hydrogen-bond donors (Lipinski definition) is 2. The minimum Gasteiger partial charge on any atom is -0.467 e. The van der Waals surface area contributed by atoms with Crippen LogP contribution in [0.4, 0.5) is 4.79 Å². The van der Waals surface area contributed by atoms with Gasteiger partial charge in [-0.2, -0.15) is 0 Å². The smallest absolute Gasteiger partial charge is 0.315 e. The second kappa shape index (κ2) is 7.26. The van der Waals surface area contributed by atoms with Crippen molar-refractivity contribution in [3.63, 3.8) is 0 Å². The van der Waals surface area contributed by atoms with Crippen molar-refractivity contribution in [2.75, 3.05) is 6.54 Å². The number of nitrogens with zero attached hydrogens (tertiary/aromatic N) is 1. The predicted molar refractivity (Wildman–Crippen MR) is 83.6 cm³/mol. The third kappa shape index (κ3) is 4.60. The lowest BCUT2D eigenvalue weighted by atomic mass is 10.2. The number of aromatic nitrogens is 1. The van der Waals surface area contributed by atoms with Crippen molar-refractivity contribution in [2.45, 2.75) is 39.2 Å².